The second kappa shape index (κ2) is 4.47. The lowest BCUT2D eigenvalue weighted by atomic mass is 10.1. The predicted molar refractivity (Wildman–Crippen MR) is 57.6 cm³/mol. The van der Waals surface area contributed by atoms with Crippen LogP contribution in [0.5, 0.6) is 5.75 Å². The summed E-state index contributed by atoms with van der Waals surface area (Å²) in [6.07, 6.45) is 2.70. The molecule has 2 heteroatoms. The Morgan fingerprint density at radius 2 is 1.79 bits per heavy atom. The second-order valence-electron chi connectivity index (χ2n) is 3.93. The van der Waals surface area contributed by atoms with E-state index in [-0.39, 0.29) is 0 Å². The quantitative estimate of drug-likeness (QED) is 0.710. The van der Waals surface area contributed by atoms with Crippen LogP contribution in [-0.4, -0.2) is 31.1 Å². The molecule has 14 heavy (non-hydrogen) atoms. The zero-order chi connectivity index (χ0) is 9.80. The van der Waals surface area contributed by atoms with E-state index in [2.05, 4.69) is 11.9 Å². The normalized spacial score (nSPS) is 19.5. The number of benzene rings is 1. The summed E-state index contributed by atoms with van der Waals surface area (Å²) < 4.78 is 5.88. The standard InChI is InChI=1S/C12H17NO/c1-13-9-7-12(8-10-13)14-11-5-3-2-4-6-11/h2-6,12H,7-10H2,1H3. The lowest BCUT2D eigenvalue weighted by Crippen LogP contribution is -2.35. The van der Waals surface area contributed by atoms with Gasteiger partial charge in [0.2, 0.25) is 0 Å². The Balaban J connectivity index is 1.87. The molecule has 0 unspecified atom stereocenters. The molecule has 1 saturated heterocycles. The third kappa shape index (κ3) is 2.48. The molecule has 1 aromatic rings. The van der Waals surface area contributed by atoms with Gasteiger partial charge in [-0.25, -0.2) is 0 Å². The second-order valence-corrected chi connectivity index (χ2v) is 3.93. The maximum absolute atomic E-state index is 5.88. The van der Waals surface area contributed by atoms with Gasteiger partial charge in [-0.05, 0) is 32.0 Å². The number of piperidine rings is 1. The molecule has 0 radical (unpaired) electrons. The van der Waals surface area contributed by atoms with Crippen LogP contribution in [0.3, 0.4) is 0 Å². The summed E-state index contributed by atoms with van der Waals surface area (Å²) >= 11 is 0. The first-order valence-corrected chi connectivity index (χ1v) is 5.25. The number of ether oxygens (including phenoxy) is 1. The molecule has 2 nitrogen and oxygen atoms in total. The van der Waals surface area contributed by atoms with Crippen LogP contribution in [0.15, 0.2) is 30.3 Å². The van der Waals surface area contributed by atoms with E-state index in [9.17, 15) is 0 Å². The van der Waals surface area contributed by atoms with Gasteiger partial charge in [0.25, 0.3) is 0 Å². The highest BCUT2D eigenvalue weighted by Crippen LogP contribution is 2.17. The highest BCUT2D eigenvalue weighted by Gasteiger charge is 2.17. The van der Waals surface area contributed by atoms with E-state index in [4.69, 9.17) is 4.74 Å². The maximum atomic E-state index is 5.88. The Bertz CT molecular complexity index is 265. The Hall–Kier alpha value is -1.02. The lowest BCUT2D eigenvalue weighted by molar-refractivity contribution is 0.114. The smallest absolute Gasteiger partial charge is 0.119 e. The van der Waals surface area contributed by atoms with Crippen molar-refractivity contribution in [1.29, 1.82) is 0 Å². The van der Waals surface area contributed by atoms with Crippen LogP contribution in [0, 0.1) is 0 Å². The molecule has 0 spiro atoms. The summed E-state index contributed by atoms with van der Waals surface area (Å²) in [5.41, 5.74) is 0. The van der Waals surface area contributed by atoms with E-state index in [0.717, 1.165) is 31.7 Å². The zero-order valence-electron chi connectivity index (χ0n) is 8.65. The summed E-state index contributed by atoms with van der Waals surface area (Å²) in [4.78, 5) is 2.35. The van der Waals surface area contributed by atoms with Gasteiger partial charge in [0.15, 0.2) is 0 Å². The molecule has 0 amide bonds. The van der Waals surface area contributed by atoms with Gasteiger partial charge in [-0.3, -0.25) is 0 Å². The fourth-order valence-electron chi connectivity index (χ4n) is 1.79. The Morgan fingerprint density at radius 3 is 2.43 bits per heavy atom. The molecule has 76 valence electrons. The van der Waals surface area contributed by atoms with Crippen LogP contribution in [0.4, 0.5) is 0 Å². The minimum absolute atomic E-state index is 0.411. The lowest BCUT2D eigenvalue weighted by Gasteiger charge is -2.29. The van der Waals surface area contributed by atoms with Gasteiger partial charge in [0.1, 0.15) is 11.9 Å². The van der Waals surface area contributed by atoms with E-state index in [1.54, 1.807) is 0 Å². The van der Waals surface area contributed by atoms with Crippen LogP contribution in [0.25, 0.3) is 0 Å². The molecule has 0 saturated carbocycles. The highest BCUT2D eigenvalue weighted by molar-refractivity contribution is 5.21. The summed E-state index contributed by atoms with van der Waals surface area (Å²) in [6.45, 7) is 2.30. The number of nitrogens with zero attached hydrogens (tertiary/aromatic N) is 1. The Morgan fingerprint density at radius 1 is 1.14 bits per heavy atom. The summed E-state index contributed by atoms with van der Waals surface area (Å²) in [7, 11) is 2.17. The third-order valence-electron chi connectivity index (χ3n) is 2.71. The first-order chi connectivity index (χ1) is 6.84. The zero-order valence-corrected chi connectivity index (χ0v) is 8.65. The van der Waals surface area contributed by atoms with Gasteiger partial charge in [-0.2, -0.15) is 0 Å². The molecule has 0 aliphatic carbocycles. The van der Waals surface area contributed by atoms with Gasteiger partial charge >= 0.3 is 0 Å². The Labute approximate surface area is 85.5 Å². The van der Waals surface area contributed by atoms with Crippen molar-refractivity contribution in [2.75, 3.05) is 20.1 Å². The average Bonchev–Trinajstić information content (AvgIpc) is 2.23. The van der Waals surface area contributed by atoms with Crippen molar-refractivity contribution in [3.63, 3.8) is 0 Å². The van der Waals surface area contributed by atoms with E-state index in [1.165, 1.54) is 0 Å². The van der Waals surface area contributed by atoms with Crippen LogP contribution >= 0.6 is 0 Å². The first kappa shape index (κ1) is 9.53. The number of hydrogen-bond acceptors (Lipinski definition) is 2. The molecule has 1 aliphatic rings. The molecule has 1 aliphatic heterocycles. The Kier molecular flexibility index (Phi) is 3.04. The average molecular weight is 191 g/mol. The van der Waals surface area contributed by atoms with Crippen LogP contribution in [0.1, 0.15) is 12.8 Å². The van der Waals surface area contributed by atoms with Crippen LogP contribution in [0.2, 0.25) is 0 Å². The fourth-order valence-corrected chi connectivity index (χ4v) is 1.79. The summed E-state index contributed by atoms with van der Waals surface area (Å²) in [6, 6.07) is 10.1. The van der Waals surface area contributed by atoms with Crippen molar-refractivity contribution >= 4 is 0 Å². The molecule has 1 heterocycles. The minimum atomic E-state index is 0.411. The maximum Gasteiger partial charge on any atom is 0.119 e. The van der Waals surface area contributed by atoms with Gasteiger partial charge in [-0.15, -0.1) is 0 Å². The highest BCUT2D eigenvalue weighted by atomic mass is 16.5. The van der Waals surface area contributed by atoms with Gasteiger partial charge < -0.3 is 9.64 Å². The van der Waals surface area contributed by atoms with Gasteiger partial charge in [0.05, 0.1) is 0 Å². The van der Waals surface area contributed by atoms with Crippen molar-refractivity contribution in [3.8, 4) is 5.75 Å². The van der Waals surface area contributed by atoms with Crippen molar-refractivity contribution < 1.29 is 4.74 Å². The molecule has 0 bridgehead atoms. The van der Waals surface area contributed by atoms with E-state index in [0.29, 0.717) is 6.10 Å². The summed E-state index contributed by atoms with van der Waals surface area (Å²) in [5, 5.41) is 0. The topological polar surface area (TPSA) is 12.5 Å². The molecule has 1 fully saturated rings. The van der Waals surface area contributed by atoms with Crippen LogP contribution in [-0.2, 0) is 0 Å². The molecular formula is C12H17NO. The molecule has 0 aromatic heterocycles. The van der Waals surface area contributed by atoms with E-state index >= 15 is 0 Å². The largest absolute Gasteiger partial charge is 0.490 e. The van der Waals surface area contributed by atoms with Gasteiger partial charge in [0, 0.05) is 13.1 Å². The SMILES string of the molecule is CN1CCC(Oc2ccccc2)CC1. The summed E-state index contributed by atoms with van der Waals surface area (Å²) in [5.74, 6) is 1.00. The van der Waals surface area contributed by atoms with Crippen molar-refractivity contribution in [3.05, 3.63) is 30.3 Å². The van der Waals surface area contributed by atoms with E-state index in [1.807, 2.05) is 30.3 Å². The monoisotopic (exact) mass is 191 g/mol. The van der Waals surface area contributed by atoms with Crippen molar-refractivity contribution in [2.24, 2.45) is 0 Å². The molecule has 2 rings (SSSR count). The molecule has 0 N–H and O–H groups in total. The number of likely N-dealkylation sites (tertiary alicyclic amines) is 1. The number of para-hydroxylation sites is 1. The molecule has 0 atom stereocenters. The van der Waals surface area contributed by atoms with E-state index < -0.39 is 0 Å². The molecule has 1 aromatic carbocycles. The number of hydrogen-bond donors (Lipinski definition) is 0. The number of rotatable bonds is 2. The van der Waals surface area contributed by atoms with Gasteiger partial charge in [-0.1, -0.05) is 18.2 Å². The minimum Gasteiger partial charge on any atom is -0.490 e. The van der Waals surface area contributed by atoms with Crippen molar-refractivity contribution in [2.45, 2.75) is 18.9 Å². The van der Waals surface area contributed by atoms with Crippen molar-refractivity contribution in [1.82, 2.24) is 4.90 Å². The fraction of sp³-hybridized carbons (Fsp3) is 0.500. The molecular weight excluding hydrogens is 174 g/mol. The van der Waals surface area contributed by atoms with Crippen LogP contribution < -0.4 is 4.74 Å². The first-order valence-electron chi connectivity index (χ1n) is 5.25. The third-order valence-corrected chi connectivity index (χ3v) is 2.71. The predicted octanol–water partition coefficient (Wildman–Crippen LogP) is 2.16.